The highest BCUT2D eigenvalue weighted by Crippen LogP contribution is 2.24. The number of nitrogens with zero attached hydrogens (tertiary/aromatic N) is 4. The van der Waals surface area contributed by atoms with Crippen molar-refractivity contribution in [3.63, 3.8) is 0 Å². The van der Waals surface area contributed by atoms with E-state index >= 15 is 0 Å². The highest BCUT2D eigenvalue weighted by atomic mass is 35.5. The van der Waals surface area contributed by atoms with Gasteiger partial charge in [0.05, 0.1) is 10.6 Å². The van der Waals surface area contributed by atoms with E-state index in [0.717, 1.165) is 37.7 Å². The Hall–Kier alpha value is -2.25. The molecule has 1 aliphatic heterocycles. The minimum atomic E-state index is 0.516. The van der Waals surface area contributed by atoms with Crippen molar-refractivity contribution in [3.05, 3.63) is 53.2 Å². The fourth-order valence-electron chi connectivity index (χ4n) is 2.53. The van der Waals surface area contributed by atoms with Crippen LogP contribution in [-0.4, -0.2) is 31.2 Å². The summed E-state index contributed by atoms with van der Waals surface area (Å²) in [6, 6.07) is 13.7. The molecule has 0 amide bonds. The maximum atomic E-state index is 8.92. The molecule has 21 heavy (non-hydrogen) atoms. The predicted molar refractivity (Wildman–Crippen MR) is 84.8 cm³/mol. The number of rotatable bonds is 2. The van der Waals surface area contributed by atoms with Crippen LogP contribution in [0.25, 0.3) is 0 Å². The van der Waals surface area contributed by atoms with Crippen LogP contribution >= 0.6 is 11.6 Å². The maximum absolute atomic E-state index is 8.92. The number of pyridine rings is 1. The number of piperazine rings is 1. The van der Waals surface area contributed by atoms with E-state index in [-0.39, 0.29) is 0 Å². The Bertz CT molecular complexity index is 658. The van der Waals surface area contributed by atoms with Crippen molar-refractivity contribution in [3.8, 4) is 6.07 Å². The molecule has 1 saturated heterocycles. The molecule has 0 atom stereocenters. The Labute approximate surface area is 129 Å². The molecule has 0 aliphatic carbocycles. The van der Waals surface area contributed by atoms with Gasteiger partial charge in [0.15, 0.2) is 0 Å². The van der Waals surface area contributed by atoms with Crippen LogP contribution in [0.4, 0.5) is 11.5 Å². The van der Waals surface area contributed by atoms with Crippen molar-refractivity contribution in [2.45, 2.75) is 0 Å². The van der Waals surface area contributed by atoms with Crippen LogP contribution in [0.3, 0.4) is 0 Å². The topological polar surface area (TPSA) is 43.2 Å². The van der Waals surface area contributed by atoms with E-state index in [1.807, 2.05) is 36.5 Å². The molecule has 0 radical (unpaired) electrons. The van der Waals surface area contributed by atoms with E-state index in [4.69, 9.17) is 16.9 Å². The van der Waals surface area contributed by atoms with Gasteiger partial charge in [-0.05, 0) is 30.3 Å². The van der Waals surface area contributed by atoms with Crippen molar-refractivity contribution in [1.29, 1.82) is 5.26 Å². The number of benzene rings is 1. The maximum Gasteiger partial charge on any atom is 0.128 e. The third kappa shape index (κ3) is 2.93. The normalized spacial score (nSPS) is 14.9. The van der Waals surface area contributed by atoms with Gasteiger partial charge in [0.25, 0.3) is 0 Å². The van der Waals surface area contributed by atoms with E-state index in [1.165, 1.54) is 0 Å². The van der Waals surface area contributed by atoms with Crippen LogP contribution in [0.5, 0.6) is 0 Å². The summed E-state index contributed by atoms with van der Waals surface area (Å²) < 4.78 is 0. The van der Waals surface area contributed by atoms with Gasteiger partial charge in [-0.15, -0.1) is 0 Å². The van der Waals surface area contributed by atoms with Crippen LogP contribution < -0.4 is 9.80 Å². The van der Waals surface area contributed by atoms with Crippen molar-refractivity contribution >= 4 is 23.1 Å². The zero-order chi connectivity index (χ0) is 14.7. The van der Waals surface area contributed by atoms with Crippen LogP contribution in [0.1, 0.15) is 5.56 Å². The molecule has 5 heteroatoms. The molecule has 0 N–H and O–H groups in total. The quantitative estimate of drug-likeness (QED) is 0.855. The van der Waals surface area contributed by atoms with Crippen LogP contribution in [0.15, 0.2) is 42.6 Å². The molecule has 2 heterocycles. The average molecular weight is 299 g/mol. The summed E-state index contributed by atoms with van der Waals surface area (Å²) in [5, 5.41) is 9.43. The zero-order valence-electron chi connectivity index (χ0n) is 11.5. The third-order valence-corrected chi connectivity index (χ3v) is 4.00. The second kappa shape index (κ2) is 6.02. The molecule has 2 aromatic rings. The van der Waals surface area contributed by atoms with Crippen molar-refractivity contribution in [1.82, 2.24) is 4.98 Å². The lowest BCUT2D eigenvalue weighted by atomic mass is 10.2. The Morgan fingerprint density at radius 3 is 2.43 bits per heavy atom. The third-order valence-electron chi connectivity index (χ3n) is 3.69. The molecule has 106 valence electrons. The number of halogens is 1. The molecule has 1 aliphatic rings. The Morgan fingerprint density at radius 1 is 1.05 bits per heavy atom. The molecule has 3 rings (SSSR count). The summed E-state index contributed by atoms with van der Waals surface area (Å²) in [5.74, 6) is 1.02. The molecular weight excluding hydrogens is 284 g/mol. The zero-order valence-corrected chi connectivity index (χ0v) is 12.3. The lowest BCUT2D eigenvalue weighted by Crippen LogP contribution is -2.46. The highest BCUT2D eigenvalue weighted by molar-refractivity contribution is 6.32. The monoisotopic (exact) mass is 298 g/mol. The van der Waals surface area contributed by atoms with E-state index < -0.39 is 0 Å². The number of aromatic nitrogens is 1. The summed E-state index contributed by atoms with van der Waals surface area (Å²) in [4.78, 5) is 8.95. The van der Waals surface area contributed by atoms with Crippen LogP contribution in [0, 0.1) is 11.3 Å². The standard InChI is InChI=1S/C16H15ClN4/c17-15-11-14(5-4-13(15)12-18)20-7-9-21(10-8-20)16-3-1-2-6-19-16/h1-6,11H,7-10H2. The van der Waals surface area contributed by atoms with Gasteiger partial charge < -0.3 is 9.80 Å². The van der Waals surface area contributed by atoms with Crippen LogP contribution in [-0.2, 0) is 0 Å². The summed E-state index contributed by atoms with van der Waals surface area (Å²) in [6.07, 6.45) is 1.82. The van der Waals surface area contributed by atoms with Gasteiger partial charge >= 0.3 is 0 Å². The fraction of sp³-hybridized carbons (Fsp3) is 0.250. The molecule has 4 nitrogen and oxygen atoms in total. The summed E-state index contributed by atoms with van der Waals surface area (Å²) in [5.41, 5.74) is 1.59. The van der Waals surface area contributed by atoms with Gasteiger partial charge in [0.2, 0.25) is 0 Å². The van der Waals surface area contributed by atoms with E-state index in [0.29, 0.717) is 10.6 Å². The van der Waals surface area contributed by atoms with Crippen molar-refractivity contribution in [2.75, 3.05) is 36.0 Å². The SMILES string of the molecule is N#Cc1ccc(N2CCN(c3ccccn3)CC2)cc1Cl. The first-order valence-corrected chi connectivity index (χ1v) is 7.26. The summed E-state index contributed by atoms with van der Waals surface area (Å²) in [7, 11) is 0. The number of anilines is 2. The predicted octanol–water partition coefficient (Wildman–Crippen LogP) is 2.93. The van der Waals surface area contributed by atoms with Gasteiger partial charge in [-0.3, -0.25) is 0 Å². The molecule has 0 unspecified atom stereocenters. The minimum Gasteiger partial charge on any atom is -0.368 e. The van der Waals surface area contributed by atoms with Gasteiger partial charge in [-0.25, -0.2) is 4.98 Å². The molecular formula is C16H15ClN4. The number of nitriles is 1. The second-order valence-electron chi connectivity index (χ2n) is 4.94. The minimum absolute atomic E-state index is 0.516. The van der Waals surface area contributed by atoms with Crippen molar-refractivity contribution < 1.29 is 0 Å². The van der Waals surface area contributed by atoms with Gasteiger partial charge in [0, 0.05) is 38.1 Å². The first-order chi connectivity index (χ1) is 10.3. The second-order valence-corrected chi connectivity index (χ2v) is 5.35. The van der Waals surface area contributed by atoms with E-state index in [9.17, 15) is 0 Å². The lowest BCUT2D eigenvalue weighted by molar-refractivity contribution is 0.647. The van der Waals surface area contributed by atoms with Gasteiger partial charge in [-0.1, -0.05) is 17.7 Å². The van der Waals surface area contributed by atoms with Gasteiger partial charge in [-0.2, -0.15) is 5.26 Å². The molecule has 1 aromatic carbocycles. The fourth-order valence-corrected chi connectivity index (χ4v) is 2.74. The molecule has 1 fully saturated rings. The highest BCUT2D eigenvalue weighted by Gasteiger charge is 2.18. The average Bonchev–Trinajstić information content (AvgIpc) is 2.56. The molecule has 0 spiro atoms. The molecule has 0 bridgehead atoms. The number of hydrogen-bond donors (Lipinski definition) is 0. The Kier molecular flexibility index (Phi) is 3.94. The Morgan fingerprint density at radius 2 is 1.81 bits per heavy atom. The molecule has 0 saturated carbocycles. The first kappa shape index (κ1) is 13.7. The van der Waals surface area contributed by atoms with Crippen molar-refractivity contribution in [2.24, 2.45) is 0 Å². The van der Waals surface area contributed by atoms with Gasteiger partial charge in [0.1, 0.15) is 11.9 Å². The summed E-state index contributed by atoms with van der Waals surface area (Å²) >= 11 is 6.10. The molecule has 1 aromatic heterocycles. The first-order valence-electron chi connectivity index (χ1n) is 6.88. The Balaban J connectivity index is 1.69. The van der Waals surface area contributed by atoms with E-state index in [1.54, 1.807) is 6.07 Å². The lowest BCUT2D eigenvalue weighted by Gasteiger charge is -2.36. The summed E-state index contributed by atoms with van der Waals surface area (Å²) in [6.45, 7) is 3.68. The number of hydrogen-bond acceptors (Lipinski definition) is 4. The largest absolute Gasteiger partial charge is 0.368 e. The smallest absolute Gasteiger partial charge is 0.128 e. The van der Waals surface area contributed by atoms with Crippen LogP contribution in [0.2, 0.25) is 5.02 Å². The van der Waals surface area contributed by atoms with E-state index in [2.05, 4.69) is 20.9 Å².